The number of carbonyl (C=O) groups excluding carboxylic acids is 2. The average molecular weight is 389 g/mol. The van der Waals surface area contributed by atoms with Crippen LogP contribution in [0.25, 0.3) is 10.8 Å². The van der Waals surface area contributed by atoms with Gasteiger partial charge in [0.05, 0.1) is 0 Å². The van der Waals surface area contributed by atoms with Gasteiger partial charge in [0.2, 0.25) is 5.91 Å². The number of benzene rings is 1. The summed E-state index contributed by atoms with van der Waals surface area (Å²) in [5, 5.41) is 5.41. The number of fused-ring (bicyclic) bond motifs is 1. The molecule has 7 heteroatoms. The Morgan fingerprint density at radius 3 is 2.78 bits per heavy atom. The van der Waals surface area contributed by atoms with Crippen LogP contribution >= 0.6 is 11.6 Å². The van der Waals surface area contributed by atoms with Crippen LogP contribution in [0.4, 0.5) is 0 Å². The predicted octanol–water partition coefficient (Wildman–Crippen LogP) is 2.59. The van der Waals surface area contributed by atoms with Crippen LogP contribution in [-0.4, -0.2) is 47.4 Å². The number of hydrogen-bond acceptors (Lipinski definition) is 4. The lowest BCUT2D eigenvalue weighted by atomic mass is 9.82. The van der Waals surface area contributed by atoms with Gasteiger partial charge < -0.3 is 16.0 Å². The number of halogens is 1. The molecule has 27 heavy (non-hydrogen) atoms. The Bertz CT molecular complexity index is 857. The quantitative estimate of drug-likeness (QED) is 0.842. The van der Waals surface area contributed by atoms with Gasteiger partial charge in [-0.2, -0.15) is 0 Å². The molecule has 0 radical (unpaired) electrons. The summed E-state index contributed by atoms with van der Waals surface area (Å²) in [5.74, 6) is -0.183. The minimum absolute atomic E-state index is 0.0679. The Labute approximate surface area is 164 Å². The van der Waals surface area contributed by atoms with Gasteiger partial charge in [0.15, 0.2) is 0 Å². The lowest BCUT2D eigenvalue weighted by Gasteiger charge is -2.35. The van der Waals surface area contributed by atoms with Gasteiger partial charge in [-0.05, 0) is 49.8 Å². The maximum absolute atomic E-state index is 12.6. The van der Waals surface area contributed by atoms with Crippen molar-refractivity contribution >= 4 is 34.2 Å². The molecule has 1 aromatic heterocycles. The number of rotatable bonds is 4. The van der Waals surface area contributed by atoms with Gasteiger partial charge in [-0.3, -0.25) is 14.6 Å². The van der Waals surface area contributed by atoms with E-state index in [0.717, 1.165) is 17.2 Å². The minimum Gasteiger partial charge on any atom is -0.346 e. The largest absolute Gasteiger partial charge is 0.346 e. The van der Waals surface area contributed by atoms with Gasteiger partial charge in [0, 0.05) is 48.2 Å². The molecule has 0 saturated heterocycles. The van der Waals surface area contributed by atoms with Crippen molar-refractivity contribution in [1.29, 1.82) is 0 Å². The molecule has 6 nitrogen and oxygen atoms in total. The van der Waals surface area contributed by atoms with E-state index in [2.05, 4.69) is 10.3 Å². The molecule has 0 bridgehead atoms. The standard InChI is InChI=1S/C20H25ClN4O2/c1-3-25(2)20(27)13-5-7-17(16(22)9-13)24-19(26)18-10-12-4-6-15(21)8-14(12)11-23-18/h4,6,8,10-11,13,16-17H,3,5,7,9,22H2,1-2H3,(H,24,26)/t13-,16+,17-/m0/s1. The molecule has 0 spiro atoms. The molecular formula is C20H25ClN4O2. The molecule has 3 atom stereocenters. The molecule has 1 fully saturated rings. The number of nitrogens with zero attached hydrogens (tertiary/aromatic N) is 2. The summed E-state index contributed by atoms with van der Waals surface area (Å²) in [6, 6.07) is 6.80. The maximum atomic E-state index is 12.6. The molecule has 1 saturated carbocycles. The van der Waals surface area contributed by atoms with Gasteiger partial charge in [0.25, 0.3) is 5.91 Å². The molecule has 3 N–H and O–H groups in total. The first-order chi connectivity index (χ1) is 12.9. The van der Waals surface area contributed by atoms with E-state index in [0.29, 0.717) is 30.1 Å². The Morgan fingerprint density at radius 2 is 2.07 bits per heavy atom. The van der Waals surface area contributed by atoms with Gasteiger partial charge in [-0.1, -0.05) is 17.7 Å². The maximum Gasteiger partial charge on any atom is 0.270 e. The SMILES string of the molecule is CCN(C)C(=O)[C@H]1CC[C@H](NC(=O)c2cc3ccc(Cl)cc3cn2)[C@H](N)C1. The van der Waals surface area contributed by atoms with Crippen molar-refractivity contribution in [3.05, 3.63) is 41.2 Å². The van der Waals surface area contributed by atoms with Crippen molar-refractivity contribution < 1.29 is 9.59 Å². The van der Waals surface area contributed by atoms with Crippen molar-refractivity contribution in [2.75, 3.05) is 13.6 Å². The van der Waals surface area contributed by atoms with Crippen LogP contribution in [0, 0.1) is 5.92 Å². The van der Waals surface area contributed by atoms with Crippen LogP contribution < -0.4 is 11.1 Å². The molecule has 3 rings (SSSR count). The summed E-state index contributed by atoms with van der Waals surface area (Å²) < 4.78 is 0. The second kappa shape index (κ2) is 8.23. The normalized spacial score (nSPS) is 22.4. The number of pyridine rings is 1. The third-order valence-corrected chi connectivity index (χ3v) is 5.57. The number of carbonyl (C=O) groups is 2. The van der Waals surface area contributed by atoms with Crippen LogP contribution in [-0.2, 0) is 4.79 Å². The summed E-state index contributed by atoms with van der Waals surface area (Å²) in [4.78, 5) is 30.9. The Morgan fingerprint density at radius 1 is 1.30 bits per heavy atom. The number of amides is 2. The lowest BCUT2D eigenvalue weighted by molar-refractivity contribution is -0.135. The molecule has 2 amide bonds. The summed E-state index contributed by atoms with van der Waals surface area (Å²) in [5.41, 5.74) is 6.61. The molecule has 144 valence electrons. The second-order valence-corrected chi connectivity index (χ2v) is 7.60. The van der Waals surface area contributed by atoms with Crippen molar-refractivity contribution in [3.8, 4) is 0 Å². The molecule has 1 aromatic carbocycles. The highest BCUT2D eigenvalue weighted by molar-refractivity contribution is 6.31. The Hall–Kier alpha value is -2.18. The first-order valence-electron chi connectivity index (χ1n) is 9.25. The monoisotopic (exact) mass is 388 g/mol. The van der Waals surface area contributed by atoms with Gasteiger partial charge in [0.1, 0.15) is 5.69 Å². The van der Waals surface area contributed by atoms with Crippen LogP contribution in [0.3, 0.4) is 0 Å². The Kier molecular flexibility index (Phi) is 5.97. The van der Waals surface area contributed by atoms with Gasteiger partial charge >= 0.3 is 0 Å². The molecule has 1 heterocycles. The zero-order valence-electron chi connectivity index (χ0n) is 15.6. The summed E-state index contributed by atoms with van der Waals surface area (Å²) >= 11 is 5.98. The first-order valence-corrected chi connectivity index (χ1v) is 9.63. The number of aromatic nitrogens is 1. The molecule has 1 aliphatic carbocycles. The highest BCUT2D eigenvalue weighted by Crippen LogP contribution is 2.26. The van der Waals surface area contributed by atoms with Crippen LogP contribution in [0.15, 0.2) is 30.5 Å². The van der Waals surface area contributed by atoms with Gasteiger partial charge in [-0.25, -0.2) is 0 Å². The number of hydrogen-bond donors (Lipinski definition) is 2. The van der Waals surface area contributed by atoms with E-state index in [4.69, 9.17) is 17.3 Å². The zero-order chi connectivity index (χ0) is 19.6. The van der Waals surface area contributed by atoms with E-state index < -0.39 is 0 Å². The van der Waals surface area contributed by atoms with E-state index in [1.807, 2.05) is 19.1 Å². The fourth-order valence-electron chi connectivity index (χ4n) is 3.56. The smallest absolute Gasteiger partial charge is 0.270 e. The fraction of sp³-hybridized carbons (Fsp3) is 0.450. The van der Waals surface area contributed by atoms with Gasteiger partial charge in [-0.15, -0.1) is 0 Å². The lowest BCUT2D eigenvalue weighted by Crippen LogP contribution is -2.52. The van der Waals surface area contributed by atoms with E-state index >= 15 is 0 Å². The summed E-state index contributed by atoms with van der Waals surface area (Å²) in [6.45, 7) is 2.64. The molecule has 1 aliphatic rings. The predicted molar refractivity (Wildman–Crippen MR) is 107 cm³/mol. The summed E-state index contributed by atoms with van der Waals surface area (Å²) in [7, 11) is 1.81. The number of nitrogens with two attached hydrogens (primary N) is 1. The van der Waals surface area contributed by atoms with Crippen molar-refractivity contribution in [2.24, 2.45) is 11.7 Å². The summed E-state index contributed by atoms with van der Waals surface area (Å²) in [6.07, 6.45) is 3.64. The topological polar surface area (TPSA) is 88.3 Å². The molecule has 2 aromatic rings. The van der Waals surface area contributed by atoms with Crippen molar-refractivity contribution in [3.63, 3.8) is 0 Å². The molecule has 0 unspecified atom stereocenters. The van der Waals surface area contributed by atoms with Crippen molar-refractivity contribution in [1.82, 2.24) is 15.2 Å². The van der Waals surface area contributed by atoms with Crippen LogP contribution in [0.1, 0.15) is 36.7 Å². The third kappa shape index (κ3) is 4.39. The molecule has 0 aliphatic heterocycles. The number of nitrogens with one attached hydrogen (secondary N) is 1. The second-order valence-electron chi connectivity index (χ2n) is 7.17. The van der Waals surface area contributed by atoms with Crippen molar-refractivity contribution in [2.45, 2.75) is 38.3 Å². The van der Waals surface area contributed by atoms with E-state index in [1.54, 1.807) is 30.3 Å². The van der Waals surface area contributed by atoms with Crippen LogP contribution in [0.2, 0.25) is 5.02 Å². The first kappa shape index (κ1) is 19.6. The zero-order valence-corrected chi connectivity index (χ0v) is 16.4. The van der Waals surface area contributed by atoms with E-state index in [9.17, 15) is 9.59 Å². The minimum atomic E-state index is -0.249. The fourth-order valence-corrected chi connectivity index (χ4v) is 3.74. The van der Waals surface area contributed by atoms with Crippen LogP contribution in [0.5, 0.6) is 0 Å². The third-order valence-electron chi connectivity index (χ3n) is 5.33. The van der Waals surface area contributed by atoms with E-state index in [1.165, 1.54) is 0 Å². The van der Waals surface area contributed by atoms with E-state index in [-0.39, 0.29) is 29.8 Å². The Balaban J connectivity index is 1.64. The highest BCUT2D eigenvalue weighted by Gasteiger charge is 2.33. The molecular weight excluding hydrogens is 364 g/mol. The average Bonchev–Trinajstić information content (AvgIpc) is 2.67. The highest BCUT2D eigenvalue weighted by atomic mass is 35.5.